The summed E-state index contributed by atoms with van der Waals surface area (Å²) in [6.07, 6.45) is 0. The van der Waals surface area contributed by atoms with Gasteiger partial charge in [0.05, 0.1) is 6.61 Å². The summed E-state index contributed by atoms with van der Waals surface area (Å²) in [6.45, 7) is 9.48. The largest absolute Gasteiger partial charge is 0.479 e. The number of carbonyl (C=O) groups is 2. The molecule has 1 saturated carbocycles. The van der Waals surface area contributed by atoms with Gasteiger partial charge in [0.25, 0.3) is 0 Å². The van der Waals surface area contributed by atoms with E-state index in [9.17, 15) is 14.7 Å². The zero-order valence-corrected chi connectivity index (χ0v) is 12.0. The second-order valence-corrected chi connectivity index (χ2v) is 6.44. The maximum Gasteiger partial charge on any atom is 0.331 e. The fourth-order valence-corrected chi connectivity index (χ4v) is 2.64. The molecule has 0 radical (unpaired) electrons. The molecule has 1 fully saturated rings. The molecule has 104 valence electrons. The molecule has 2 N–H and O–H groups in total. The van der Waals surface area contributed by atoms with E-state index in [0.717, 1.165) is 0 Å². The minimum absolute atomic E-state index is 0.0539. The van der Waals surface area contributed by atoms with Crippen molar-refractivity contribution in [2.24, 2.45) is 16.7 Å². The first-order valence-corrected chi connectivity index (χ1v) is 6.05. The maximum atomic E-state index is 12.2. The molecule has 1 atom stereocenters. The van der Waals surface area contributed by atoms with Crippen LogP contribution in [0.5, 0.6) is 0 Å². The van der Waals surface area contributed by atoms with Gasteiger partial charge in [-0.2, -0.15) is 0 Å². The lowest BCUT2D eigenvalue weighted by atomic mass is 10.0. The fourth-order valence-electron chi connectivity index (χ4n) is 2.64. The minimum atomic E-state index is -1.37. The Labute approximate surface area is 108 Å². The van der Waals surface area contributed by atoms with Gasteiger partial charge in [0.1, 0.15) is 0 Å². The molecule has 5 nitrogen and oxygen atoms in total. The summed E-state index contributed by atoms with van der Waals surface area (Å²) in [6, 6.07) is 0. The van der Waals surface area contributed by atoms with E-state index in [2.05, 4.69) is 5.32 Å². The number of hydrogen-bond donors (Lipinski definition) is 2. The topological polar surface area (TPSA) is 75.6 Å². The number of hydrogen-bond acceptors (Lipinski definition) is 3. The Morgan fingerprint density at radius 2 is 1.72 bits per heavy atom. The average Bonchev–Trinajstić information content (AvgIpc) is 2.56. The van der Waals surface area contributed by atoms with Gasteiger partial charge in [-0.1, -0.05) is 27.7 Å². The van der Waals surface area contributed by atoms with Crippen LogP contribution in [0, 0.1) is 16.7 Å². The molecule has 1 aliphatic carbocycles. The SMILES string of the molecule is COC[C@](C)(NC(=O)C1C(C)(C)C1(C)C)C(=O)O. The molecule has 5 heteroatoms. The van der Waals surface area contributed by atoms with Crippen molar-refractivity contribution in [1.29, 1.82) is 0 Å². The summed E-state index contributed by atoms with van der Waals surface area (Å²) in [7, 11) is 1.42. The number of carbonyl (C=O) groups excluding carboxylic acids is 1. The molecule has 0 aromatic heterocycles. The molecule has 0 bridgehead atoms. The zero-order chi connectivity index (χ0) is 14.4. The summed E-state index contributed by atoms with van der Waals surface area (Å²) < 4.78 is 4.88. The van der Waals surface area contributed by atoms with E-state index < -0.39 is 11.5 Å². The lowest BCUT2D eigenvalue weighted by molar-refractivity contribution is -0.149. The van der Waals surface area contributed by atoms with Crippen LogP contribution in [0.15, 0.2) is 0 Å². The molecule has 0 saturated heterocycles. The lowest BCUT2D eigenvalue weighted by Gasteiger charge is -2.25. The molecule has 1 rings (SSSR count). The van der Waals surface area contributed by atoms with Crippen LogP contribution >= 0.6 is 0 Å². The van der Waals surface area contributed by atoms with E-state index in [1.54, 1.807) is 0 Å². The summed E-state index contributed by atoms with van der Waals surface area (Å²) in [5.41, 5.74) is -1.59. The van der Waals surface area contributed by atoms with Crippen LogP contribution in [0.3, 0.4) is 0 Å². The number of methoxy groups -OCH3 is 1. The number of rotatable bonds is 5. The van der Waals surface area contributed by atoms with Crippen LogP contribution in [0.25, 0.3) is 0 Å². The average molecular weight is 257 g/mol. The van der Waals surface area contributed by atoms with Crippen molar-refractivity contribution in [3.8, 4) is 0 Å². The highest BCUT2D eigenvalue weighted by molar-refractivity contribution is 5.90. The molecule has 0 aromatic carbocycles. The molecule has 18 heavy (non-hydrogen) atoms. The molecule has 0 spiro atoms. The second-order valence-electron chi connectivity index (χ2n) is 6.44. The lowest BCUT2D eigenvalue weighted by Crippen LogP contribution is -2.56. The summed E-state index contributed by atoms with van der Waals surface area (Å²) >= 11 is 0. The fraction of sp³-hybridized carbons (Fsp3) is 0.846. The highest BCUT2D eigenvalue weighted by atomic mass is 16.5. The molecular weight excluding hydrogens is 234 g/mol. The normalized spacial score (nSPS) is 24.1. The number of aliphatic carboxylic acids is 1. The van der Waals surface area contributed by atoms with Crippen LogP contribution in [0.1, 0.15) is 34.6 Å². The quantitative estimate of drug-likeness (QED) is 0.778. The first-order chi connectivity index (χ1) is 8.00. The van der Waals surface area contributed by atoms with Crippen molar-refractivity contribution in [3.05, 3.63) is 0 Å². The first kappa shape index (κ1) is 15.0. The molecule has 0 aliphatic heterocycles. The van der Waals surface area contributed by atoms with Gasteiger partial charge in [-0.3, -0.25) is 4.79 Å². The smallest absolute Gasteiger partial charge is 0.331 e. The number of amides is 1. The van der Waals surface area contributed by atoms with Gasteiger partial charge < -0.3 is 15.2 Å². The van der Waals surface area contributed by atoms with E-state index in [-0.39, 0.29) is 29.3 Å². The number of nitrogens with one attached hydrogen (secondary N) is 1. The molecule has 0 unspecified atom stereocenters. The Bertz CT molecular complexity index is 361. The van der Waals surface area contributed by atoms with Crippen molar-refractivity contribution >= 4 is 11.9 Å². The Morgan fingerprint density at radius 3 is 2.00 bits per heavy atom. The van der Waals surface area contributed by atoms with Gasteiger partial charge in [-0.25, -0.2) is 4.79 Å². The van der Waals surface area contributed by atoms with Crippen molar-refractivity contribution in [2.75, 3.05) is 13.7 Å². The Kier molecular flexibility index (Phi) is 3.51. The molecule has 0 heterocycles. The predicted octanol–water partition coefficient (Wildman–Crippen LogP) is 1.27. The van der Waals surface area contributed by atoms with Crippen LogP contribution < -0.4 is 5.32 Å². The van der Waals surface area contributed by atoms with Crippen LogP contribution in [0.2, 0.25) is 0 Å². The van der Waals surface area contributed by atoms with Gasteiger partial charge in [-0.05, 0) is 17.8 Å². The summed E-state index contributed by atoms with van der Waals surface area (Å²) in [5.74, 6) is -1.47. The highest BCUT2D eigenvalue weighted by Crippen LogP contribution is 2.68. The van der Waals surface area contributed by atoms with Gasteiger partial charge in [0.15, 0.2) is 5.54 Å². The Hall–Kier alpha value is -1.10. The summed E-state index contributed by atoms with van der Waals surface area (Å²) in [5, 5.41) is 11.8. The van der Waals surface area contributed by atoms with Crippen LogP contribution in [-0.2, 0) is 14.3 Å². The van der Waals surface area contributed by atoms with E-state index in [0.29, 0.717) is 0 Å². The van der Waals surface area contributed by atoms with E-state index in [4.69, 9.17) is 4.74 Å². The zero-order valence-electron chi connectivity index (χ0n) is 12.0. The van der Waals surface area contributed by atoms with Gasteiger partial charge in [0, 0.05) is 13.0 Å². The first-order valence-electron chi connectivity index (χ1n) is 6.05. The number of ether oxygens (including phenoxy) is 1. The van der Waals surface area contributed by atoms with E-state index in [1.165, 1.54) is 14.0 Å². The standard InChI is InChI=1S/C13H23NO4/c1-11(2)8(12(11,3)4)9(15)14-13(5,7-18-6)10(16)17/h8H,7H2,1-6H3,(H,14,15)(H,16,17)/t13-/m0/s1. The monoisotopic (exact) mass is 257 g/mol. The third-order valence-corrected chi connectivity index (χ3v) is 4.59. The number of carboxylic acids is 1. The van der Waals surface area contributed by atoms with Crippen molar-refractivity contribution in [1.82, 2.24) is 5.32 Å². The Balaban J connectivity index is 2.80. The number of carboxylic acid groups (broad SMARTS) is 1. The highest BCUT2D eigenvalue weighted by Gasteiger charge is 2.68. The third-order valence-electron chi connectivity index (χ3n) is 4.59. The van der Waals surface area contributed by atoms with E-state index >= 15 is 0 Å². The molecule has 0 aromatic rings. The van der Waals surface area contributed by atoms with E-state index in [1.807, 2.05) is 27.7 Å². The van der Waals surface area contributed by atoms with Crippen molar-refractivity contribution in [2.45, 2.75) is 40.2 Å². The third kappa shape index (κ3) is 2.11. The van der Waals surface area contributed by atoms with Crippen LogP contribution in [0.4, 0.5) is 0 Å². The van der Waals surface area contributed by atoms with Crippen LogP contribution in [-0.4, -0.2) is 36.2 Å². The van der Waals surface area contributed by atoms with Gasteiger partial charge >= 0.3 is 5.97 Å². The predicted molar refractivity (Wildman–Crippen MR) is 67.1 cm³/mol. The maximum absolute atomic E-state index is 12.2. The molecule has 1 aliphatic rings. The minimum Gasteiger partial charge on any atom is -0.479 e. The van der Waals surface area contributed by atoms with Crippen molar-refractivity contribution < 1.29 is 19.4 Å². The van der Waals surface area contributed by atoms with Crippen molar-refractivity contribution in [3.63, 3.8) is 0 Å². The Morgan fingerprint density at radius 1 is 1.28 bits per heavy atom. The summed E-state index contributed by atoms with van der Waals surface area (Å²) in [4.78, 5) is 23.4. The molecular formula is C13H23NO4. The molecule has 1 amide bonds. The second kappa shape index (κ2) is 4.23. The van der Waals surface area contributed by atoms with Gasteiger partial charge in [0.2, 0.25) is 5.91 Å². The van der Waals surface area contributed by atoms with Gasteiger partial charge in [-0.15, -0.1) is 0 Å².